The molecule has 0 atom stereocenters. The molecule has 2 aromatic rings. The molecular weight excluding hydrogens is 296 g/mol. The fourth-order valence-electron chi connectivity index (χ4n) is 1.99. The third kappa shape index (κ3) is 3.66. The zero-order chi connectivity index (χ0) is 16.3. The van der Waals surface area contributed by atoms with Gasteiger partial charge in [0.15, 0.2) is 0 Å². The largest absolute Gasteiger partial charge is 0.287 e. The fourth-order valence-corrected chi connectivity index (χ4v) is 2.84. The van der Waals surface area contributed by atoms with Crippen molar-refractivity contribution in [1.82, 2.24) is 0 Å². The summed E-state index contributed by atoms with van der Waals surface area (Å²) in [6, 6.07) is 14.7. The normalized spacial score (nSPS) is 11.0. The van der Waals surface area contributed by atoms with E-state index >= 15 is 0 Å². The van der Waals surface area contributed by atoms with Crippen LogP contribution in [-0.4, -0.2) is 4.92 Å². The Balaban J connectivity index is 2.25. The highest BCUT2D eigenvalue weighted by Crippen LogP contribution is 2.32. The van der Waals surface area contributed by atoms with Gasteiger partial charge in [-0.3, -0.25) is 10.1 Å². The van der Waals surface area contributed by atoms with Crippen LogP contribution in [-0.2, 0) is 5.41 Å². The zero-order valence-electron chi connectivity index (χ0n) is 12.7. The maximum absolute atomic E-state index is 10.8. The van der Waals surface area contributed by atoms with Crippen LogP contribution < -0.4 is 0 Å². The molecule has 0 aromatic heterocycles. The number of nitro groups is 1. The van der Waals surface area contributed by atoms with E-state index in [-0.39, 0.29) is 16.7 Å². The lowest BCUT2D eigenvalue weighted by molar-refractivity contribution is -0.385. The number of rotatable bonds is 3. The van der Waals surface area contributed by atoms with E-state index in [1.54, 1.807) is 12.1 Å². The molecule has 0 aliphatic carbocycles. The summed E-state index contributed by atoms with van der Waals surface area (Å²) < 4.78 is 0. The van der Waals surface area contributed by atoms with E-state index in [9.17, 15) is 10.1 Å². The fraction of sp³-hybridized carbons (Fsp3) is 0.235. The van der Waals surface area contributed by atoms with Crippen molar-refractivity contribution in [1.29, 1.82) is 5.26 Å². The van der Waals surface area contributed by atoms with E-state index in [0.717, 1.165) is 9.79 Å². The van der Waals surface area contributed by atoms with Crippen LogP contribution >= 0.6 is 11.8 Å². The lowest BCUT2D eigenvalue weighted by Gasteiger charge is -2.19. The Labute approximate surface area is 133 Å². The third-order valence-electron chi connectivity index (χ3n) is 3.24. The van der Waals surface area contributed by atoms with E-state index in [1.807, 2.05) is 18.2 Å². The molecule has 0 radical (unpaired) electrons. The van der Waals surface area contributed by atoms with E-state index in [2.05, 4.69) is 32.9 Å². The predicted molar refractivity (Wildman–Crippen MR) is 87.1 cm³/mol. The maximum atomic E-state index is 10.8. The molecule has 2 aromatic carbocycles. The van der Waals surface area contributed by atoms with Crippen LogP contribution in [0.3, 0.4) is 0 Å². The van der Waals surface area contributed by atoms with Crippen molar-refractivity contribution in [2.24, 2.45) is 0 Å². The van der Waals surface area contributed by atoms with Gasteiger partial charge in [-0.05, 0) is 35.2 Å². The van der Waals surface area contributed by atoms with E-state index in [4.69, 9.17) is 5.26 Å². The second kappa shape index (κ2) is 6.20. The van der Waals surface area contributed by atoms with Crippen molar-refractivity contribution < 1.29 is 4.92 Å². The molecule has 0 fully saturated rings. The van der Waals surface area contributed by atoms with Crippen LogP contribution in [0.15, 0.2) is 52.3 Å². The molecule has 2 rings (SSSR count). The van der Waals surface area contributed by atoms with Crippen molar-refractivity contribution in [2.75, 3.05) is 0 Å². The van der Waals surface area contributed by atoms with Crippen molar-refractivity contribution in [3.05, 3.63) is 63.7 Å². The van der Waals surface area contributed by atoms with Crippen molar-refractivity contribution in [3.8, 4) is 6.07 Å². The quantitative estimate of drug-likeness (QED) is 0.596. The summed E-state index contributed by atoms with van der Waals surface area (Å²) in [4.78, 5) is 12.1. The molecule has 0 bridgehead atoms. The topological polar surface area (TPSA) is 66.9 Å². The summed E-state index contributed by atoms with van der Waals surface area (Å²) in [5.41, 5.74) is 1.28. The first kappa shape index (κ1) is 16.1. The summed E-state index contributed by atoms with van der Waals surface area (Å²) in [5, 5.41) is 19.8. The first-order valence-electron chi connectivity index (χ1n) is 6.78. The van der Waals surface area contributed by atoms with Gasteiger partial charge in [-0.2, -0.15) is 5.26 Å². The molecule has 0 heterocycles. The number of hydrogen-bond acceptors (Lipinski definition) is 4. The van der Waals surface area contributed by atoms with Crippen LogP contribution in [0.4, 0.5) is 5.69 Å². The zero-order valence-corrected chi connectivity index (χ0v) is 13.5. The van der Waals surface area contributed by atoms with Crippen LogP contribution in [0.1, 0.15) is 31.9 Å². The van der Waals surface area contributed by atoms with Gasteiger partial charge in [0.2, 0.25) is 0 Å². The molecule has 22 heavy (non-hydrogen) atoms. The van der Waals surface area contributed by atoms with Gasteiger partial charge in [-0.1, -0.05) is 44.7 Å². The summed E-state index contributed by atoms with van der Waals surface area (Å²) in [6.45, 7) is 6.47. The first-order chi connectivity index (χ1) is 10.3. The molecule has 0 unspecified atom stereocenters. The number of nitriles is 1. The molecule has 0 saturated heterocycles. The smallest absolute Gasteiger partial charge is 0.258 e. The molecular formula is C17H16N2O2S. The molecule has 0 aliphatic rings. The molecule has 0 aliphatic heterocycles. The Morgan fingerprint density at radius 2 is 1.68 bits per heavy atom. The Morgan fingerprint density at radius 3 is 2.18 bits per heavy atom. The third-order valence-corrected chi connectivity index (χ3v) is 4.24. The predicted octanol–water partition coefficient (Wildman–Crippen LogP) is 4.92. The molecule has 0 saturated carbocycles. The van der Waals surface area contributed by atoms with Gasteiger partial charge in [0.1, 0.15) is 11.6 Å². The number of hydrogen-bond donors (Lipinski definition) is 0. The monoisotopic (exact) mass is 312 g/mol. The first-order valence-corrected chi connectivity index (χ1v) is 7.60. The maximum Gasteiger partial charge on any atom is 0.287 e. The van der Waals surface area contributed by atoms with Crippen LogP contribution in [0.5, 0.6) is 0 Å². The Kier molecular flexibility index (Phi) is 4.53. The molecule has 4 nitrogen and oxygen atoms in total. The molecule has 112 valence electrons. The second-order valence-corrected chi connectivity index (χ2v) is 7.07. The minimum absolute atomic E-state index is 0.0845. The van der Waals surface area contributed by atoms with Crippen LogP contribution in [0, 0.1) is 21.4 Å². The molecule has 0 N–H and O–H groups in total. The van der Waals surface area contributed by atoms with Gasteiger partial charge in [-0.25, -0.2) is 0 Å². The summed E-state index contributed by atoms with van der Waals surface area (Å²) in [6.07, 6.45) is 0. The Bertz CT molecular complexity index is 741. The number of nitro benzene ring substituents is 1. The highest BCUT2D eigenvalue weighted by molar-refractivity contribution is 7.99. The minimum atomic E-state index is -0.537. The average molecular weight is 312 g/mol. The van der Waals surface area contributed by atoms with E-state index in [1.165, 1.54) is 23.4 Å². The van der Waals surface area contributed by atoms with Gasteiger partial charge >= 0.3 is 0 Å². The molecule has 5 heteroatoms. The van der Waals surface area contributed by atoms with Gasteiger partial charge in [0.05, 0.1) is 4.92 Å². The van der Waals surface area contributed by atoms with Crippen molar-refractivity contribution in [2.45, 2.75) is 36.0 Å². The van der Waals surface area contributed by atoms with Gasteiger partial charge < -0.3 is 0 Å². The number of nitrogens with zero attached hydrogens (tertiary/aromatic N) is 2. The second-order valence-electron chi connectivity index (χ2n) is 5.92. The minimum Gasteiger partial charge on any atom is -0.258 e. The number of benzene rings is 2. The van der Waals surface area contributed by atoms with Crippen LogP contribution in [0.2, 0.25) is 0 Å². The molecule has 0 amide bonds. The van der Waals surface area contributed by atoms with E-state index in [0.29, 0.717) is 0 Å². The van der Waals surface area contributed by atoms with Gasteiger partial charge in [0, 0.05) is 15.9 Å². The van der Waals surface area contributed by atoms with E-state index < -0.39 is 4.92 Å². The lowest BCUT2D eigenvalue weighted by atomic mass is 9.87. The standard InChI is InChI=1S/C17H16N2O2S/c1-17(2,3)13-4-6-14(7-5-13)22-15-8-9-16(19(20)21)12(10-15)11-18/h4-10H,1-3H3. The van der Waals surface area contributed by atoms with Crippen LogP contribution in [0.25, 0.3) is 0 Å². The van der Waals surface area contributed by atoms with Crippen molar-refractivity contribution in [3.63, 3.8) is 0 Å². The highest BCUT2D eigenvalue weighted by atomic mass is 32.2. The summed E-state index contributed by atoms with van der Waals surface area (Å²) in [5.74, 6) is 0. The average Bonchev–Trinajstić information content (AvgIpc) is 2.46. The SMILES string of the molecule is CC(C)(C)c1ccc(Sc2ccc([N+](=O)[O-])c(C#N)c2)cc1. The Hall–Kier alpha value is -2.32. The highest BCUT2D eigenvalue weighted by Gasteiger charge is 2.15. The summed E-state index contributed by atoms with van der Waals surface area (Å²) >= 11 is 1.48. The van der Waals surface area contributed by atoms with Crippen molar-refractivity contribution >= 4 is 17.4 Å². The van der Waals surface area contributed by atoms with Gasteiger partial charge in [0.25, 0.3) is 5.69 Å². The summed E-state index contributed by atoms with van der Waals surface area (Å²) in [7, 11) is 0. The molecule has 0 spiro atoms. The van der Waals surface area contributed by atoms with Gasteiger partial charge in [-0.15, -0.1) is 0 Å². The lowest BCUT2D eigenvalue weighted by Crippen LogP contribution is -2.10. The Morgan fingerprint density at radius 1 is 1.09 bits per heavy atom.